The highest BCUT2D eigenvalue weighted by Crippen LogP contribution is 2.11. The average molecular weight is 392 g/mol. The number of ketones is 1. The maximum absolute atomic E-state index is 12.9. The molecule has 0 aliphatic carbocycles. The van der Waals surface area contributed by atoms with Gasteiger partial charge in [-0.05, 0) is 50.1 Å². The van der Waals surface area contributed by atoms with Crippen LogP contribution in [0.5, 0.6) is 0 Å². The Hall–Kier alpha value is -2.58. The van der Waals surface area contributed by atoms with Crippen LogP contribution in [0.3, 0.4) is 0 Å². The summed E-state index contributed by atoms with van der Waals surface area (Å²) in [5.41, 5.74) is 1.26. The number of sulfonamides is 1. The molecule has 0 radical (unpaired) electrons. The van der Waals surface area contributed by atoms with E-state index in [-0.39, 0.29) is 16.5 Å². The molecule has 2 N–H and O–H groups in total. The fourth-order valence-corrected chi connectivity index (χ4v) is 3.56. The van der Waals surface area contributed by atoms with E-state index in [0.29, 0.717) is 18.5 Å². The number of rotatable bonds is 8. The van der Waals surface area contributed by atoms with Crippen LogP contribution >= 0.6 is 0 Å². The summed E-state index contributed by atoms with van der Waals surface area (Å²) in [4.78, 5) is 23.3. The van der Waals surface area contributed by atoms with Crippen LogP contribution in [0.1, 0.15) is 29.8 Å². The van der Waals surface area contributed by atoms with E-state index in [9.17, 15) is 22.4 Å². The Kier molecular flexibility index (Phi) is 6.81. The smallest absolute Gasteiger partial charge is 0.241 e. The minimum Gasteiger partial charge on any atom is -0.354 e. The molecule has 2 aromatic carbocycles. The van der Waals surface area contributed by atoms with Crippen LogP contribution < -0.4 is 10.0 Å². The van der Waals surface area contributed by atoms with Gasteiger partial charge in [-0.1, -0.05) is 24.3 Å². The van der Waals surface area contributed by atoms with Crippen molar-refractivity contribution in [3.05, 3.63) is 65.5 Å². The number of carbonyl (C=O) groups excluding carboxylic acids is 2. The molecular weight excluding hydrogens is 371 g/mol. The Balaban J connectivity index is 1.90. The monoisotopic (exact) mass is 392 g/mol. The standard InChI is InChI=1S/C19H21FN2O4S/c1-13(19(24)21-12-11-15-3-7-17(20)8-4-15)22-27(25,26)18-9-5-16(6-10-18)14(2)23/h3-10,13,22H,11-12H2,1-2H3,(H,21,24)/t13-/m0/s1. The highest BCUT2D eigenvalue weighted by molar-refractivity contribution is 7.89. The summed E-state index contributed by atoms with van der Waals surface area (Å²) in [6.45, 7) is 3.12. The Bertz CT molecular complexity index is 910. The molecule has 0 fully saturated rings. The van der Waals surface area contributed by atoms with Crippen molar-refractivity contribution < 1.29 is 22.4 Å². The molecule has 8 heteroatoms. The van der Waals surface area contributed by atoms with E-state index in [4.69, 9.17) is 0 Å². The number of benzene rings is 2. The summed E-state index contributed by atoms with van der Waals surface area (Å²) >= 11 is 0. The number of nitrogens with one attached hydrogen (secondary N) is 2. The van der Waals surface area contributed by atoms with Gasteiger partial charge in [0.05, 0.1) is 10.9 Å². The van der Waals surface area contributed by atoms with Crippen LogP contribution in [-0.4, -0.2) is 32.7 Å². The second-order valence-electron chi connectivity index (χ2n) is 6.09. The molecule has 0 saturated heterocycles. The van der Waals surface area contributed by atoms with E-state index in [1.54, 1.807) is 12.1 Å². The molecular formula is C19H21FN2O4S. The van der Waals surface area contributed by atoms with Gasteiger partial charge in [-0.3, -0.25) is 9.59 Å². The number of carbonyl (C=O) groups is 2. The quantitative estimate of drug-likeness (QED) is 0.673. The van der Waals surface area contributed by atoms with Gasteiger partial charge in [0.15, 0.2) is 5.78 Å². The topological polar surface area (TPSA) is 92.3 Å². The average Bonchev–Trinajstić information content (AvgIpc) is 2.63. The number of Topliss-reactive ketones (excluding diaryl/α,β-unsaturated/α-hetero) is 1. The van der Waals surface area contributed by atoms with Crippen LogP contribution in [0.25, 0.3) is 0 Å². The largest absolute Gasteiger partial charge is 0.354 e. The third-order valence-corrected chi connectivity index (χ3v) is 5.48. The molecule has 6 nitrogen and oxygen atoms in total. The highest BCUT2D eigenvalue weighted by Gasteiger charge is 2.22. The molecule has 0 unspecified atom stereocenters. The molecule has 1 atom stereocenters. The van der Waals surface area contributed by atoms with Crippen molar-refractivity contribution in [1.82, 2.24) is 10.0 Å². The fourth-order valence-electron chi connectivity index (χ4n) is 2.36. The van der Waals surface area contributed by atoms with Gasteiger partial charge < -0.3 is 5.32 Å². The lowest BCUT2D eigenvalue weighted by Gasteiger charge is -2.14. The van der Waals surface area contributed by atoms with E-state index < -0.39 is 22.0 Å². The molecule has 0 heterocycles. The van der Waals surface area contributed by atoms with E-state index in [2.05, 4.69) is 10.0 Å². The van der Waals surface area contributed by atoms with Gasteiger partial charge >= 0.3 is 0 Å². The minimum atomic E-state index is -3.89. The third-order valence-electron chi connectivity index (χ3n) is 3.92. The van der Waals surface area contributed by atoms with Gasteiger partial charge in [-0.15, -0.1) is 0 Å². The van der Waals surface area contributed by atoms with Gasteiger partial charge in [-0.25, -0.2) is 12.8 Å². The SMILES string of the molecule is CC(=O)c1ccc(S(=O)(=O)N[C@@H](C)C(=O)NCCc2ccc(F)cc2)cc1. The lowest BCUT2D eigenvalue weighted by molar-refractivity contribution is -0.122. The normalized spacial score (nSPS) is 12.4. The first-order valence-corrected chi connectivity index (χ1v) is 9.83. The van der Waals surface area contributed by atoms with Gasteiger partial charge in [0, 0.05) is 12.1 Å². The van der Waals surface area contributed by atoms with Crippen molar-refractivity contribution in [3.63, 3.8) is 0 Å². The van der Waals surface area contributed by atoms with Crippen molar-refractivity contribution in [2.24, 2.45) is 0 Å². The van der Waals surface area contributed by atoms with Crippen LogP contribution in [-0.2, 0) is 21.2 Å². The molecule has 144 valence electrons. The van der Waals surface area contributed by atoms with Gasteiger partial charge in [0.2, 0.25) is 15.9 Å². The van der Waals surface area contributed by atoms with Crippen LogP contribution in [0.2, 0.25) is 0 Å². The first kappa shape index (κ1) is 20.7. The predicted octanol–water partition coefficient (Wildman–Crippen LogP) is 2.05. The van der Waals surface area contributed by atoms with Gasteiger partial charge in [0.1, 0.15) is 5.82 Å². The van der Waals surface area contributed by atoms with Gasteiger partial charge in [0.25, 0.3) is 0 Å². The molecule has 2 rings (SSSR count). The lowest BCUT2D eigenvalue weighted by Crippen LogP contribution is -2.45. The molecule has 0 aliphatic heterocycles. The van der Waals surface area contributed by atoms with Crippen molar-refractivity contribution in [3.8, 4) is 0 Å². The van der Waals surface area contributed by atoms with Crippen molar-refractivity contribution in [2.45, 2.75) is 31.2 Å². The van der Waals surface area contributed by atoms with Crippen molar-refractivity contribution in [1.29, 1.82) is 0 Å². The fraction of sp³-hybridized carbons (Fsp3) is 0.263. The molecule has 2 aromatic rings. The summed E-state index contributed by atoms with van der Waals surface area (Å²) in [5, 5.41) is 2.64. The second kappa shape index (κ2) is 8.88. The second-order valence-corrected chi connectivity index (χ2v) is 7.81. The number of hydrogen-bond donors (Lipinski definition) is 2. The zero-order valence-electron chi connectivity index (χ0n) is 15.0. The first-order chi connectivity index (χ1) is 12.7. The van der Waals surface area contributed by atoms with Crippen LogP contribution in [0.4, 0.5) is 4.39 Å². The Morgan fingerprint density at radius 1 is 1.04 bits per heavy atom. The summed E-state index contributed by atoms with van der Waals surface area (Å²) in [6.07, 6.45) is 0.498. The predicted molar refractivity (Wildman–Crippen MR) is 99.3 cm³/mol. The summed E-state index contributed by atoms with van der Waals surface area (Å²) in [5.74, 6) is -0.969. The maximum atomic E-state index is 12.9. The zero-order chi connectivity index (χ0) is 20.0. The summed E-state index contributed by atoms with van der Waals surface area (Å²) < 4.78 is 39.8. The molecule has 0 saturated carbocycles. The Morgan fingerprint density at radius 3 is 2.19 bits per heavy atom. The number of amides is 1. The third kappa shape index (κ3) is 5.97. The lowest BCUT2D eigenvalue weighted by atomic mass is 10.1. The van der Waals surface area contributed by atoms with E-state index in [1.807, 2.05) is 0 Å². The number of hydrogen-bond acceptors (Lipinski definition) is 4. The molecule has 27 heavy (non-hydrogen) atoms. The molecule has 0 aromatic heterocycles. The minimum absolute atomic E-state index is 0.0292. The van der Waals surface area contributed by atoms with E-state index >= 15 is 0 Å². The molecule has 1 amide bonds. The highest BCUT2D eigenvalue weighted by atomic mass is 32.2. The van der Waals surface area contributed by atoms with Crippen molar-refractivity contribution in [2.75, 3.05) is 6.54 Å². The van der Waals surface area contributed by atoms with Crippen molar-refractivity contribution >= 4 is 21.7 Å². The molecule has 0 aliphatic rings. The maximum Gasteiger partial charge on any atom is 0.241 e. The Morgan fingerprint density at radius 2 is 1.63 bits per heavy atom. The van der Waals surface area contributed by atoms with E-state index in [1.165, 1.54) is 50.2 Å². The molecule has 0 spiro atoms. The van der Waals surface area contributed by atoms with Gasteiger partial charge in [-0.2, -0.15) is 4.72 Å². The van der Waals surface area contributed by atoms with Crippen LogP contribution in [0.15, 0.2) is 53.4 Å². The number of halogens is 1. The van der Waals surface area contributed by atoms with Crippen LogP contribution in [0, 0.1) is 5.82 Å². The first-order valence-electron chi connectivity index (χ1n) is 8.34. The molecule has 0 bridgehead atoms. The van der Waals surface area contributed by atoms with E-state index in [0.717, 1.165) is 5.56 Å². The zero-order valence-corrected chi connectivity index (χ0v) is 15.8. The summed E-state index contributed by atoms with van der Waals surface area (Å²) in [6, 6.07) is 10.4. The Labute approximate surface area is 157 Å². The summed E-state index contributed by atoms with van der Waals surface area (Å²) in [7, 11) is -3.89.